The standard InChI is InChI=1S/C19H28N4.HI/c1-4-20-19(23(3)16-18-13-9-15-22(18)2)21-14-8-12-17-10-6-5-7-11-17;/h5-7,9-11,13,15H,4,8,12,14,16H2,1-3H3,(H,20,21);1H. The minimum Gasteiger partial charge on any atom is -0.357 e. The summed E-state index contributed by atoms with van der Waals surface area (Å²) in [4.78, 5) is 6.94. The predicted molar refractivity (Wildman–Crippen MR) is 113 cm³/mol. The van der Waals surface area contributed by atoms with Crippen LogP contribution < -0.4 is 5.32 Å². The lowest BCUT2D eigenvalue weighted by Gasteiger charge is -2.22. The molecule has 24 heavy (non-hydrogen) atoms. The van der Waals surface area contributed by atoms with Crippen molar-refractivity contribution in [2.24, 2.45) is 12.0 Å². The van der Waals surface area contributed by atoms with Gasteiger partial charge in [0, 0.05) is 39.1 Å². The molecule has 0 saturated heterocycles. The van der Waals surface area contributed by atoms with Gasteiger partial charge in [-0.2, -0.15) is 0 Å². The van der Waals surface area contributed by atoms with E-state index < -0.39 is 0 Å². The van der Waals surface area contributed by atoms with Crippen molar-refractivity contribution in [2.75, 3.05) is 20.1 Å². The first kappa shape index (κ1) is 20.5. The van der Waals surface area contributed by atoms with Crippen molar-refractivity contribution in [3.05, 3.63) is 59.9 Å². The van der Waals surface area contributed by atoms with Gasteiger partial charge in [0.25, 0.3) is 0 Å². The maximum absolute atomic E-state index is 4.76. The van der Waals surface area contributed by atoms with Crippen LogP contribution in [0.1, 0.15) is 24.6 Å². The number of hydrogen-bond donors (Lipinski definition) is 1. The first-order valence-corrected chi connectivity index (χ1v) is 8.34. The van der Waals surface area contributed by atoms with Crippen LogP contribution in [-0.4, -0.2) is 35.6 Å². The molecule has 0 unspecified atom stereocenters. The van der Waals surface area contributed by atoms with Gasteiger partial charge in [-0.1, -0.05) is 30.3 Å². The number of nitrogens with one attached hydrogen (secondary N) is 1. The molecule has 132 valence electrons. The summed E-state index contributed by atoms with van der Waals surface area (Å²) in [7, 11) is 4.17. The SMILES string of the molecule is CCNC(=NCCCc1ccccc1)N(C)Cc1cccn1C.I. The van der Waals surface area contributed by atoms with Crippen LogP contribution in [0.2, 0.25) is 0 Å². The van der Waals surface area contributed by atoms with Crippen LogP contribution in [-0.2, 0) is 20.0 Å². The molecular formula is C19H29IN4. The van der Waals surface area contributed by atoms with E-state index in [4.69, 9.17) is 4.99 Å². The Morgan fingerprint density at radius 3 is 2.54 bits per heavy atom. The van der Waals surface area contributed by atoms with Gasteiger partial charge in [0.1, 0.15) is 0 Å². The Hall–Kier alpha value is -1.50. The Morgan fingerprint density at radius 2 is 1.92 bits per heavy atom. The van der Waals surface area contributed by atoms with Crippen molar-refractivity contribution in [1.29, 1.82) is 0 Å². The molecule has 0 bridgehead atoms. The van der Waals surface area contributed by atoms with Gasteiger partial charge in [-0.15, -0.1) is 24.0 Å². The number of guanidine groups is 1. The van der Waals surface area contributed by atoms with Crippen molar-refractivity contribution in [2.45, 2.75) is 26.3 Å². The molecule has 1 aromatic heterocycles. The average Bonchev–Trinajstić information content (AvgIpc) is 2.96. The molecular weight excluding hydrogens is 411 g/mol. The van der Waals surface area contributed by atoms with E-state index >= 15 is 0 Å². The van der Waals surface area contributed by atoms with Gasteiger partial charge in [0.15, 0.2) is 5.96 Å². The summed E-state index contributed by atoms with van der Waals surface area (Å²) in [5.74, 6) is 0.974. The highest BCUT2D eigenvalue weighted by Gasteiger charge is 2.07. The van der Waals surface area contributed by atoms with Crippen molar-refractivity contribution in [1.82, 2.24) is 14.8 Å². The molecule has 0 fully saturated rings. The number of aryl methyl sites for hydroxylation is 2. The fraction of sp³-hybridized carbons (Fsp3) is 0.421. The predicted octanol–water partition coefficient (Wildman–Crippen LogP) is 3.67. The molecule has 2 rings (SSSR count). The quantitative estimate of drug-likeness (QED) is 0.309. The number of aromatic nitrogens is 1. The Kier molecular flexibility index (Phi) is 9.52. The van der Waals surface area contributed by atoms with Gasteiger partial charge >= 0.3 is 0 Å². The molecule has 1 heterocycles. The van der Waals surface area contributed by atoms with Crippen molar-refractivity contribution in [3.8, 4) is 0 Å². The minimum atomic E-state index is 0. The summed E-state index contributed by atoms with van der Waals surface area (Å²) < 4.78 is 2.15. The highest BCUT2D eigenvalue weighted by atomic mass is 127. The zero-order chi connectivity index (χ0) is 16.5. The van der Waals surface area contributed by atoms with Gasteiger partial charge < -0.3 is 14.8 Å². The smallest absolute Gasteiger partial charge is 0.194 e. The van der Waals surface area contributed by atoms with Gasteiger partial charge in [-0.3, -0.25) is 4.99 Å². The number of hydrogen-bond acceptors (Lipinski definition) is 1. The fourth-order valence-corrected chi connectivity index (χ4v) is 2.56. The third kappa shape index (κ3) is 6.55. The van der Waals surface area contributed by atoms with Crippen LogP contribution in [0, 0.1) is 0 Å². The molecule has 0 radical (unpaired) electrons. The lowest BCUT2D eigenvalue weighted by Crippen LogP contribution is -2.38. The Labute approximate surface area is 163 Å². The normalized spacial score (nSPS) is 11.0. The minimum absolute atomic E-state index is 0. The first-order valence-electron chi connectivity index (χ1n) is 8.34. The monoisotopic (exact) mass is 440 g/mol. The van der Waals surface area contributed by atoms with Crippen molar-refractivity contribution >= 4 is 29.9 Å². The van der Waals surface area contributed by atoms with E-state index in [-0.39, 0.29) is 24.0 Å². The summed E-state index contributed by atoms with van der Waals surface area (Å²) >= 11 is 0. The summed E-state index contributed by atoms with van der Waals surface area (Å²) in [6, 6.07) is 14.8. The molecule has 2 aromatic rings. The first-order chi connectivity index (χ1) is 11.2. The molecule has 1 aromatic carbocycles. The molecule has 5 heteroatoms. The second-order valence-corrected chi connectivity index (χ2v) is 5.79. The molecule has 0 aliphatic heterocycles. The summed E-state index contributed by atoms with van der Waals surface area (Å²) in [6.45, 7) is 4.69. The zero-order valence-corrected chi connectivity index (χ0v) is 17.2. The Bertz CT molecular complexity index is 607. The molecule has 0 atom stereocenters. The lowest BCUT2D eigenvalue weighted by molar-refractivity contribution is 0.461. The maximum atomic E-state index is 4.76. The Morgan fingerprint density at radius 1 is 1.17 bits per heavy atom. The van der Waals surface area contributed by atoms with Crippen LogP contribution in [0.15, 0.2) is 53.7 Å². The second-order valence-electron chi connectivity index (χ2n) is 5.79. The molecule has 1 N–H and O–H groups in total. The highest BCUT2D eigenvalue weighted by Crippen LogP contribution is 2.05. The van der Waals surface area contributed by atoms with E-state index in [9.17, 15) is 0 Å². The molecule has 4 nitrogen and oxygen atoms in total. The number of aliphatic imine (C=N–C) groups is 1. The van der Waals surface area contributed by atoms with Crippen LogP contribution >= 0.6 is 24.0 Å². The summed E-state index contributed by atoms with van der Waals surface area (Å²) in [5, 5.41) is 3.38. The van der Waals surface area contributed by atoms with Crippen LogP contribution in [0.3, 0.4) is 0 Å². The van der Waals surface area contributed by atoms with Gasteiger partial charge in [0.05, 0.1) is 6.54 Å². The topological polar surface area (TPSA) is 32.6 Å². The largest absolute Gasteiger partial charge is 0.357 e. The maximum Gasteiger partial charge on any atom is 0.194 e. The van der Waals surface area contributed by atoms with E-state index in [1.165, 1.54) is 11.3 Å². The summed E-state index contributed by atoms with van der Waals surface area (Å²) in [6.07, 6.45) is 4.22. The molecule has 0 aliphatic carbocycles. The van der Waals surface area contributed by atoms with Crippen LogP contribution in [0.25, 0.3) is 0 Å². The van der Waals surface area contributed by atoms with E-state index in [0.29, 0.717) is 0 Å². The van der Waals surface area contributed by atoms with Crippen molar-refractivity contribution < 1.29 is 0 Å². The third-order valence-corrected chi connectivity index (χ3v) is 3.87. The van der Waals surface area contributed by atoms with Crippen LogP contribution in [0.5, 0.6) is 0 Å². The van der Waals surface area contributed by atoms with E-state index in [1.54, 1.807) is 0 Å². The summed E-state index contributed by atoms with van der Waals surface area (Å²) in [5.41, 5.74) is 2.66. The Balaban J connectivity index is 0.00000288. The van der Waals surface area contributed by atoms with Gasteiger partial charge in [-0.25, -0.2) is 0 Å². The number of halogens is 1. The fourth-order valence-electron chi connectivity index (χ4n) is 2.56. The number of nitrogens with zero attached hydrogens (tertiary/aromatic N) is 3. The van der Waals surface area contributed by atoms with Gasteiger partial charge in [-0.05, 0) is 37.5 Å². The average molecular weight is 440 g/mol. The third-order valence-electron chi connectivity index (χ3n) is 3.87. The van der Waals surface area contributed by atoms with E-state index in [1.807, 2.05) is 0 Å². The highest BCUT2D eigenvalue weighted by molar-refractivity contribution is 14.0. The molecule has 0 amide bonds. The molecule has 0 spiro atoms. The van der Waals surface area contributed by atoms with Crippen molar-refractivity contribution in [3.63, 3.8) is 0 Å². The molecule has 0 aliphatic rings. The lowest BCUT2D eigenvalue weighted by atomic mass is 10.1. The van der Waals surface area contributed by atoms with Gasteiger partial charge in [0.2, 0.25) is 0 Å². The number of benzene rings is 1. The second kappa shape index (κ2) is 11.1. The zero-order valence-electron chi connectivity index (χ0n) is 14.9. The number of rotatable bonds is 7. The van der Waals surface area contributed by atoms with Crippen LogP contribution in [0.4, 0.5) is 0 Å². The van der Waals surface area contributed by atoms with E-state index in [2.05, 4.69) is 84.5 Å². The molecule has 0 saturated carbocycles. The van der Waals surface area contributed by atoms with E-state index in [0.717, 1.165) is 38.4 Å².